The summed E-state index contributed by atoms with van der Waals surface area (Å²) in [5.74, 6) is 0. The van der Waals surface area contributed by atoms with Crippen LogP contribution in [-0.4, -0.2) is 4.98 Å². The Labute approximate surface area is 126 Å². The standard InChI is InChI=1S/C19H10ClN/c20-16-8-3-9-17-15(16)10-14-12-6-1-4-11-5-2-7-13(18(11)12)19(14)21-17/h1-10H. The highest BCUT2D eigenvalue weighted by Crippen LogP contribution is 2.47. The Morgan fingerprint density at radius 3 is 2.38 bits per heavy atom. The Hall–Kier alpha value is -2.38. The molecular weight excluding hydrogens is 278 g/mol. The van der Waals surface area contributed by atoms with Crippen molar-refractivity contribution in [1.82, 2.24) is 4.98 Å². The lowest BCUT2D eigenvalue weighted by Gasteiger charge is -2.05. The van der Waals surface area contributed by atoms with Crippen LogP contribution in [0.25, 0.3) is 44.1 Å². The lowest BCUT2D eigenvalue weighted by atomic mass is 10.0. The molecule has 5 rings (SSSR count). The molecule has 0 aliphatic heterocycles. The third-order valence-corrected chi connectivity index (χ3v) is 4.59. The van der Waals surface area contributed by atoms with E-state index in [1.165, 1.54) is 27.5 Å². The molecule has 0 saturated heterocycles. The Morgan fingerprint density at radius 1 is 0.762 bits per heavy atom. The summed E-state index contributed by atoms with van der Waals surface area (Å²) >= 11 is 6.33. The highest BCUT2D eigenvalue weighted by atomic mass is 35.5. The lowest BCUT2D eigenvalue weighted by molar-refractivity contribution is 1.42. The molecule has 0 unspecified atom stereocenters. The van der Waals surface area contributed by atoms with Crippen LogP contribution in [0.1, 0.15) is 0 Å². The fourth-order valence-electron chi connectivity index (χ4n) is 3.33. The molecule has 1 aliphatic carbocycles. The normalized spacial score (nSPS) is 12.0. The number of benzene rings is 3. The molecule has 1 heterocycles. The second-order valence-electron chi connectivity index (χ2n) is 5.40. The number of fused-ring (bicyclic) bond motifs is 4. The van der Waals surface area contributed by atoms with Crippen molar-refractivity contribution in [2.45, 2.75) is 0 Å². The number of aromatic nitrogens is 1. The molecule has 0 N–H and O–H groups in total. The number of hydrogen-bond donors (Lipinski definition) is 0. The molecule has 0 amide bonds. The first-order valence-corrected chi connectivity index (χ1v) is 7.32. The molecule has 1 aromatic heterocycles. The number of hydrogen-bond acceptors (Lipinski definition) is 1. The van der Waals surface area contributed by atoms with Crippen LogP contribution in [0, 0.1) is 0 Å². The van der Waals surface area contributed by atoms with Gasteiger partial charge in [0.1, 0.15) is 0 Å². The van der Waals surface area contributed by atoms with E-state index in [2.05, 4.69) is 42.5 Å². The Morgan fingerprint density at radius 2 is 1.52 bits per heavy atom. The zero-order valence-corrected chi connectivity index (χ0v) is 11.9. The maximum absolute atomic E-state index is 6.33. The smallest absolute Gasteiger partial charge is 0.0794 e. The molecule has 3 aromatic carbocycles. The second-order valence-corrected chi connectivity index (χ2v) is 5.81. The summed E-state index contributed by atoms with van der Waals surface area (Å²) in [7, 11) is 0. The minimum Gasteiger partial charge on any atom is -0.247 e. The molecule has 0 radical (unpaired) electrons. The van der Waals surface area contributed by atoms with Gasteiger partial charge in [-0.2, -0.15) is 0 Å². The van der Waals surface area contributed by atoms with Gasteiger partial charge in [0.05, 0.1) is 11.2 Å². The van der Waals surface area contributed by atoms with Gasteiger partial charge in [-0.1, -0.05) is 54.1 Å². The van der Waals surface area contributed by atoms with E-state index in [0.717, 1.165) is 21.6 Å². The highest BCUT2D eigenvalue weighted by molar-refractivity contribution is 6.35. The van der Waals surface area contributed by atoms with Crippen molar-refractivity contribution in [3.8, 4) is 22.4 Å². The van der Waals surface area contributed by atoms with Crippen LogP contribution in [0.4, 0.5) is 0 Å². The van der Waals surface area contributed by atoms with Crippen LogP contribution >= 0.6 is 11.6 Å². The van der Waals surface area contributed by atoms with E-state index in [1.54, 1.807) is 0 Å². The van der Waals surface area contributed by atoms with Crippen molar-refractivity contribution >= 4 is 33.3 Å². The van der Waals surface area contributed by atoms with Crippen LogP contribution < -0.4 is 0 Å². The van der Waals surface area contributed by atoms with Crippen molar-refractivity contribution in [2.75, 3.05) is 0 Å². The molecule has 0 bridgehead atoms. The molecule has 1 nitrogen and oxygen atoms in total. The van der Waals surface area contributed by atoms with Crippen molar-refractivity contribution in [3.63, 3.8) is 0 Å². The van der Waals surface area contributed by atoms with Crippen LogP contribution in [0.2, 0.25) is 5.02 Å². The van der Waals surface area contributed by atoms with E-state index in [1.807, 2.05) is 18.2 Å². The van der Waals surface area contributed by atoms with Crippen LogP contribution in [0.5, 0.6) is 0 Å². The molecular formula is C19H10ClN. The molecule has 0 saturated carbocycles. The summed E-state index contributed by atoms with van der Waals surface area (Å²) in [6, 6.07) is 20.9. The number of pyridine rings is 1. The van der Waals surface area contributed by atoms with Crippen LogP contribution in [0.15, 0.2) is 60.7 Å². The van der Waals surface area contributed by atoms with Gasteiger partial charge >= 0.3 is 0 Å². The maximum Gasteiger partial charge on any atom is 0.0794 e. The van der Waals surface area contributed by atoms with E-state index in [-0.39, 0.29) is 0 Å². The topological polar surface area (TPSA) is 12.9 Å². The third-order valence-electron chi connectivity index (χ3n) is 4.26. The predicted octanol–water partition coefficient (Wildman–Crippen LogP) is 5.69. The molecule has 2 heteroatoms. The number of halogens is 1. The van der Waals surface area contributed by atoms with Gasteiger partial charge in [0.15, 0.2) is 0 Å². The predicted molar refractivity (Wildman–Crippen MR) is 88.7 cm³/mol. The second kappa shape index (κ2) is 3.84. The molecule has 0 fully saturated rings. The third kappa shape index (κ3) is 1.39. The summed E-state index contributed by atoms with van der Waals surface area (Å²) in [5, 5.41) is 4.33. The van der Waals surface area contributed by atoms with E-state index < -0.39 is 0 Å². The SMILES string of the molecule is Clc1cccc2nc3c(cc12)-c1cccc2cccc-3c12. The monoisotopic (exact) mass is 287 g/mol. The van der Waals surface area contributed by atoms with Gasteiger partial charge in [-0.15, -0.1) is 0 Å². The molecule has 21 heavy (non-hydrogen) atoms. The number of nitrogens with zero attached hydrogens (tertiary/aromatic N) is 1. The molecule has 4 aromatic rings. The zero-order valence-electron chi connectivity index (χ0n) is 11.1. The van der Waals surface area contributed by atoms with Crippen molar-refractivity contribution < 1.29 is 0 Å². The minimum absolute atomic E-state index is 0.755. The quantitative estimate of drug-likeness (QED) is 0.356. The van der Waals surface area contributed by atoms with Gasteiger partial charge in [-0.25, -0.2) is 4.98 Å². The summed E-state index contributed by atoms with van der Waals surface area (Å²) in [4.78, 5) is 4.87. The maximum atomic E-state index is 6.33. The van der Waals surface area contributed by atoms with Gasteiger partial charge in [-0.05, 0) is 34.5 Å². The van der Waals surface area contributed by atoms with Gasteiger partial charge in [-0.3, -0.25) is 0 Å². The van der Waals surface area contributed by atoms with Crippen LogP contribution in [-0.2, 0) is 0 Å². The van der Waals surface area contributed by atoms with E-state index in [4.69, 9.17) is 16.6 Å². The van der Waals surface area contributed by atoms with Crippen molar-refractivity contribution in [3.05, 3.63) is 65.7 Å². The average Bonchev–Trinajstić information content (AvgIpc) is 2.83. The van der Waals surface area contributed by atoms with Crippen molar-refractivity contribution in [1.29, 1.82) is 0 Å². The largest absolute Gasteiger partial charge is 0.247 e. The summed E-state index contributed by atoms with van der Waals surface area (Å²) in [5.41, 5.74) is 5.68. The first-order valence-electron chi connectivity index (χ1n) is 6.95. The van der Waals surface area contributed by atoms with Crippen LogP contribution in [0.3, 0.4) is 0 Å². The van der Waals surface area contributed by atoms with Gasteiger partial charge in [0.2, 0.25) is 0 Å². The molecule has 0 spiro atoms. The summed E-state index contributed by atoms with van der Waals surface area (Å²) in [6.45, 7) is 0. The molecule has 98 valence electrons. The van der Waals surface area contributed by atoms with Gasteiger partial charge in [0.25, 0.3) is 0 Å². The zero-order chi connectivity index (χ0) is 14.0. The minimum atomic E-state index is 0.755. The van der Waals surface area contributed by atoms with Gasteiger partial charge in [0, 0.05) is 21.5 Å². The van der Waals surface area contributed by atoms with E-state index >= 15 is 0 Å². The lowest BCUT2D eigenvalue weighted by Crippen LogP contribution is -1.86. The molecule has 1 aliphatic rings. The van der Waals surface area contributed by atoms with Gasteiger partial charge < -0.3 is 0 Å². The van der Waals surface area contributed by atoms with E-state index in [9.17, 15) is 0 Å². The first-order chi connectivity index (χ1) is 10.3. The highest BCUT2D eigenvalue weighted by Gasteiger charge is 2.23. The molecule has 0 atom stereocenters. The Bertz CT molecular complexity index is 1040. The summed E-state index contributed by atoms with van der Waals surface area (Å²) < 4.78 is 0. The van der Waals surface area contributed by atoms with Crippen molar-refractivity contribution in [2.24, 2.45) is 0 Å². The fraction of sp³-hybridized carbons (Fsp3) is 0. The fourth-order valence-corrected chi connectivity index (χ4v) is 3.56. The first kappa shape index (κ1) is 11.3. The Kier molecular flexibility index (Phi) is 2.06. The van der Waals surface area contributed by atoms with E-state index in [0.29, 0.717) is 0 Å². The summed E-state index contributed by atoms with van der Waals surface area (Å²) in [6.07, 6.45) is 0. The Balaban J connectivity index is 2.01. The average molecular weight is 288 g/mol. The number of rotatable bonds is 0.